The van der Waals surface area contributed by atoms with E-state index in [1.165, 1.54) is 11.6 Å². The van der Waals surface area contributed by atoms with Crippen molar-refractivity contribution in [1.29, 1.82) is 0 Å². The van der Waals surface area contributed by atoms with Gasteiger partial charge in [-0.05, 0) is 48.2 Å². The van der Waals surface area contributed by atoms with Gasteiger partial charge in [0.15, 0.2) is 0 Å². The van der Waals surface area contributed by atoms with Crippen molar-refractivity contribution in [2.45, 2.75) is 77.0 Å². The highest BCUT2D eigenvalue weighted by molar-refractivity contribution is 5.98. The molecule has 2 aromatic rings. The molecule has 0 saturated carbocycles. The zero-order valence-electron chi connectivity index (χ0n) is 23.7. The first-order chi connectivity index (χ1) is 19.0. The predicted octanol–water partition coefficient (Wildman–Crippen LogP) is 1.63. The van der Waals surface area contributed by atoms with Crippen molar-refractivity contribution in [2.75, 3.05) is 33.2 Å². The normalized spacial score (nSPS) is 27.7. The summed E-state index contributed by atoms with van der Waals surface area (Å²) in [5.41, 5.74) is 4.26. The van der Waals surface area contributed by atoms with Gasteiger partial charge in [0.05, 0.1) is 11.7 Å². The molecule has 10 nitrogen and oxygen atoms in total. The number of ether oxygens (including phenoxy) is 2. The van der Waals surface area contributed by atoms with Gasteiger partial charge in [0.2, 0.25) is 6.29 Å². The maximum atomic E-state index is 13.9. The molecule has 3 aliphatic heterocycles. The van der Waals surface area contributed by atoms with Crippen LogP contribution in [0.15, 0.2) is 30.3 Å². The second kappa shape index (κ2) is 11.6. The Bertz CT molecular complexity index is 1230. The minimum Gasteiger partial charge on any atom is -0.508 e. The molecule has 2 fully saturated rings. The Morgan fingerprint density at radius 2 is 1.70 bits per heavy atom. The van der Waals surface area contributed by atoms with Crippen LogP contribution in [0.5, 0.6) is 11.5 Å². The lowest BCUT2D eigenvalue weighted by atomic mass is 9.97. The minimum absolute atomic E-state index is 0.0402. The van der Waals surface area contributed by atoms with Crippen LogP contribution in [0.25, 0.3) is 0 Å². The summed E-state index contributed by atoms with van der Waals surface area (Å²) in [5.74, 6) is -0.327. The lowest BCUT2D eigenvalue weighted by Gasteiger charge is -2.39. The van der Waals surface area contributed by atoms with Gasteiger partial charge in [-0.3, -0.25) is 9.69 Å². The van der Waals surface area contributed by atoms with Gasteiger partial charge in [-0.1, -0.05) is 32.0 Å². The van der Waals surface area contributed by atoms with E-state index in [-0.39, 0.29) is 28.9 Å². The third-order valence-electron chi connectivity index (χ3n) is 8.32. The number of likely N-dealkylation sites (N-methyl/N-ethyl adjacent to an activating group) is 1. The number of phenols is 1. The van der Waals surface area contributed by atoms with E-state index in [2.05, 4.69) is 35.0 Å². The maximum absolute atomic E-state index is 13.9. The molecule has 10 heteroatoms. The Morgan fingerprint density at radius 1 is 1.00 bits per heavy atom. The number of nitrogens with zero attached hydrogens (tertiary/aromatic N) is 3. The van der Waals surface area contributed by atoms with Crippen molar-refractivity contribution in [2.24, 2.45) is 0 Å². The third-order valence-corrected chi connectivity index (χ3v) is 8.32. The molecule has 3 aliphatic rings. The zero-order chi connectivity index (χ0) is 28.7. The second-order valence-electron chi connectivity index (χ2n) is 11.7. The Labute approximate surface area is 235 Å². The largest absolute Gasteiger partial charge is 0.508 e. The van der Waals surface area contributed by atoms with E-state index >= 15 is 0 Å². The molecule has 0 aromatic heterocycles. The Morgan fingerprint density at radius 3 is 2.40 bits per heavy atom. The number of hydrogen-bond acceptors (Lipinski definition) is 9. The van der Waals surface area contributed by atoms with Crippen LogP contribution in [-0.4, -0.2) is 105 Å². The monoisotopic (exact) mass is 555 g/mol. The minimum atomic E-state index is -1.55. The average molecular weight is 556 g/mol. The molecule has 2 saturated heterocycles. The van der Waals surface area contributed by atoms with E-state index in [0.717, 1.165) is 43.9 Å². The number of amides is 1. The Hall–Kier alpha value is -2.73. The molecule has 40 heavy (non-hydrogen) atoms. The molecule has 5 atom stereocenters. The van der Waals surface area contributed by atoms with Crippen molar-refractivity contribution >= 4 is 5.91 Å². The van der Waals surface area contributed by atoms with Crippen LogP contribution in [0, 0.1) is 0 Å². The maximum Gasteiger partial charge on any atom is 0.258 e. The molecule has 2 aromatic carbocycles. The SMILES string of the molecule is CC(C)c1cc(C(=O)N2Cc3ccc(CN4CCN(C)CC4)cc3C2)c(O[C@@H]2O[C@@H](C)[C@@H](O)[C@@H](O)[C@@H]2O)cc1O. The van der Waals surface area contributed by atoms with Crippen LogP contribution in [0.1, 0.15) is 59.3 Å². The summed E-state index contributed by atoms with van der Waals surface area (Å²) in [5, 5.41) is 41.5. The van der Waals surface area contributed by atoms with Crippen LogP contribution < -0.4 is 4.74 Å². The van der Waals surface area contributed by atoms with E-state index in [1.807, 2.05) is 13.8 Å². The van der Waals surface area contributed by atoms with Crippen LogP contribution in [0.2, 0.25) is 0 Å². The lowest BCUT2D eigenvalue weighted by Crippen LogP contribution is -2.58. The van der Waals surface area contributed by atoms with E-state index in [9.17, 15) is 25.2 Å². The summed E-state index contributed by atoms with van der Waals surface area (Å²) in [6, 6.07) is 9.42. The molecule has 0 spiro atoms. The topological polar surface area (TPSA) is 126 Å². The van der Waals surface area contributed by atoms with Crippen LogP contribution in [0.3, 0.4) is 0 Å². The highest BCUT2D eigenvalue weighted by Crippen LogP contribution is 2.37. The fourth-order valence-electron chi connectivity index (χ4n) is 5.67. The first-order valence-electron chi connectivity index (χ1n) is 14.1. The highest BCUT2D eigenvalue weighted by atomic mass is 16.7. The first kappa shape index (κ1) is 28.8. The van der Waals surface area contributed by atoms with Gasteiger partial charge in [-0.2, -0.15) is 0 Å². The van der Waals surface area contributed by atoms with E-state index in [1.54, 1.807) is 17.9 Å². The molecular formula is C30H41N3O7. The number of carbonyl (C=O) groups excluding carboxylic acids is 1. The van der Waals surface area contributed by atoms with Gasteiger partial charge in [0, 0.05) is 51.9 Å². The van der Waals surface area contributed by atoms with Gasteiger partial charge < -0.3 is 39.7 Å². The van der Waals surface area contributed by atoms with Crippen molar-refractivity contribution < 1.29 is 34.7 Å². The Kier molecular flexibility index (Phi) is 8.37. The zero-order valence-corrected chi connectivity index (χ0v) is 23.7. The van der Waals surface area contributed by atoms with E-state index in [4.69, 9.17) is 9.47 Å². The molecule has 0 radical (unpaired) electrons. The fraction of sp³-hybridized carbons (Fsp3) is 0.567. The van der Waals surface area contributed by atoms with Crippen molar-refractivity contribution in [3.8, 4) is 11.5 Å². The van der Waals surface area contributed by atoms with Gasteiger partial charge in [-0.15, -0.1) is 0 Å². The summed E-state index contributed by atoms with van der Waals surface area (Å²) < 4.78 is 11.5. The number of carbonyl (C=O) groups is 1. The molecule has 0 unspecified atom stereocenters. The van der Waals surface area contributed by atoms with Gasteiger partial charge in [0.25, 0.3) is 5.91 Å². The highest BCUT2D eigenvalue weighted by Gasteiger charge is 2.43. The summed E-state index contributed by atoms with van der Waals surface area (Å²) in [6.07, 6.45) is -6.45. The van der Waals surface area contributed by atoms with Gasteiger partial charge in [-0.25, -0.2) is 0 Å². The number of piperazine rings is 1. The third kappa shape index (κ3) is 5.83. The summed E-state index contributed by atoms with van der Waals surface area (Å²) in [7, 11) is 2.14. The number of rotatable bonds is 6. The summed E-state index contributed by atoms with van der Waals surface area (Å²) >= 11 is 0. The molecule has 3 heterocycles. The van der Waals surface area contributed by atoms with Crippen LogP contribution in [-0.2, 0) is 24.4 Å². The van der Waals surface area contributed by atoms with E-state index < -0.39 is 30.7 Å². The molecule has 5 rings (SSSR count). The molecule has 4 N–H and O–H groups in total. The van der Waals surface area contributed by atoms with Crippen molar-refractivity contribution in [3.05, 3.63) is 58.1 Å². The fourth-order valence-corrected chi connectivity index (χ4v) is 5.67. The predicted molar refractivity (Wildman–Crippen MR) is 148 cm³/mol. The van der Waals surface area contributed by atoms with Crippen LogP contribution >= 0.6 is 0 Å². The molecule has 1 amide bonds. The molecular weight excluding hydrogens is 514 g/mol. The molecule has 0 bridgehead atoms. The van der Waals surface area contributed by atoms with E-state index in [0.29, 0.717) is 18.7 Å². The number of hydrogen-bond donors (Lipinski definition) is 4. The lowest BCUT2D eigenvalue weighted by molar-refractivity contribution is -0.268. The van der Waals surface area contributed by atoms with Crippen LogP contribution in [0.4, 0.5) is 0 Å². The quantitative estimate of drug-likeness (QED) is 0.421. The summed E-state index contributed by atoms with van der Waals surface area (Å²) in [4.78, 5) is 20.4. The number of aliphatic hydroxyl groups excluding tert-OH is 3. The van der Waals surface area contributed by atoms with Crippen molar-refractivity contribution in [3.63, 3.8) is 0 Å². The van der Waals surface area contributed by atoms with Gasteiger partial charge >= 0.3 is 0 Å². The smallest absolute Gasteiger partial charge is 0.258 e. The first-order valence-corrected chi connectivity index (χ1v) is 14.1. The number of aliphatic hydroxyl groups is 3. The number of phenolic OH excluding ortho intramolecular Hbond substituents is 1. The average Bonchev–Trinajstić information content (AvgIpc) is 3.35. The Balaban J connectivity index is 1.36. The number of fused-ring (bicyclic) bond motifs is 1. The van der Waals surface area contributed by atoms with Gasteiger partial charge in [0.1, 0.15) is 29.8 Å². The molecule has 0 aliphatic carbocycles. The number of aromatic hydroxyl groups is 1. The summed E-state index contributed by atoms with van der Waals surface area (Å²) in [6.45, 7) is 11.4. The number of benzene rings is 2. The molecule has 218 valence electrons. The van der Waals surface area contributed by atoms with Crippen molar-refractivity contribution in [1.82, 2.24) is 14.7 Å². The second-order valence-corrected chi connectivity index (χ2v) is 11.7. The standard InChI is InChI=1S/C30H41N3O7/c1-17(2)22-12-23(25(13-24(22)34)40-30-28(37)27(36)26(35)18(3)39-30)29(38)33-15-20-6-5-19(11-21(20)16-33)14-32-9-7-31(4)8-10-32/h5-6,11-13,17-18,26-28,30,34-37H,7-10,14-16H2,1-4H3/t18-,26+,27+,28-,30-/m0/s1.